The van der Waals surface area contributed by atoms with Gasteiger partial charge in [0, 0.05) is 13.2 Å². The van der Waals surface area contributed by atoms with Gasteiger partial charge in [0.05, 0.1) is 19.7 Å². The normalized spacial score (nSPS) is 16.5. The number of rotatable bonds is 5. The first-order valence-electron chi connectivity index (χ1n) is 6.90. The van der Waals surface area contributed by atoms with E-state index in [0.717, 1.165) is 12.8 Å². The summed E-state index contributed by atoms with van der Waals surface area (Å²) in [5.41, 5.74) is 5.96. The van der Waals surface area contributed by atoms with E-state index < -0.39 is 12.0 Å². The Balaban J connectivity index is 0.00000242. The number of hydrogen-bond acceptors (Lipinski definition) is 6. The van der Waals surface area contributed by atoms with Crippen molar-refractivity contribution in [2.75, 3.05) is 20.3 Å². The van der Waals surface area contributed by atoms with Crippen LogP contribution in [-0.2, 0) is 20.8 Å². The van der Waals surface area contributed by atoms with Gasteiger partial charge in [-0.15, -0.1) is 12.4 Å². The highest BCUT2D eigenvalue weighted by molar-refractivity contribution is 5.86. The number of carbonyl (C=O) groups is 2. The minimum atomic E-state index is -0.552. The molecule has 7 nitrogen and oxygen atoms in total. The predicted molar refractivity (Wildman–Crippen MR) is 80.7 cm³/mol. The zero-order chi connectivity index (χ0) is 15.2. The van der Waals surface area contributed by atoms with Crippen molar-refractivity contribution in [2.24, 2.45) is 11.7 Å². The Kier molecular flexibility index (Phi) is 7.37. The van der Waals surface area contributed by atoms with Gasteiger partial charge in [0.2, 0.25) is 11.7 Å². The fraction of sp³-hybridized carbons (Fsp3) is 0.571. The van der Waals surface area contributed by atoms with Gasteiger partial charge in [0.25, 0.3) is 0 Å². The molecule has 1 unspecified atom stereocenters. The third-order valence-corrected chi connectivity index (χ3v) is 3.56. The van der Waals surface area contributed by atoms with E-state index in [2.05, 4.69) is 10.1 Å². The Morgan fingerprint density at radius 1 is 1.41 bits per heavy atom. The summed E-state index contributed by atoms with van der Waals surface area (Å²) in [6.45, 7) is 1.48. The summed E-state index contributed by atoms with van der Waals surface area (Å²) in [4.78, 5) is 23.2. The van der Waals surface area contributed by atoms with Crippen molar-refractivity contribution in [3.05, 3.63) is 23.7 Å². The summed E-state index contributed by atoms with van der Waals surface area (Å²) in [5, 5.41) is 2.72. The summed E-state index contributed by atoms with van der Waals surface area (Å²) in [6.07, 6.45) is 1.59. The van der Waals surface area contributed by atoms with Gasteiger partial charge in [0.15, 0.2) is 0 Å². The smallest absolute Gasteiger partial charge is 0.373 e. The van der Waals surface area contributed by atoms with Gasteiger partial charge < -0.3 is 24.9 Å². The lowest BCUT2D eigenvalue weighted by Crippen LogP contribution is -2.46. The second-order valence-electron chi connectivity index (χ2n) is 4.95. The molecule has 1 fully saturated rings. The number of nitrogens with one attached hydrogen (secondary N) is 1. The summed E-state index contributed by atoms with van der Waals surface area (Å²) in [6, 6.07) is 2.57. The maximum Gasteiger partial charge on any atom is 0.373 e. The Morgan fingerprint density at radius 3 is 2.73 bits per heavy atom. The van der Waals surface area contributed by atoms with Gasteiger partial charge in [-0.2, -0.15) is 0 Å². The van der Waals surface area contributed by atoms with E-state index in [1.54, 1.807) is 6.07 Å². The highest BCUT2D eigenvalue weighted by Crippen LogP contribution is 2.17. The zero-order valence-electron chi connectivity index (χ0n) is 12.4. The summed E-state index contributed by atoms with van der Waals surface area (Å²) in [7, 11) is 1.28. The lowest BCUT2D eigenvalue weighted by Gasteiger charge is -2.26. The highest BCUT2D eigenvalue weighted by Gasteiger charge is 2.26. The Hall–Kier alpha value is -1.57. The Labute approximate surface area is 134 Å². The summed E-state index contributed by atoms with van der Waals surface area (Å²) in [5.74, 6) is -0.0520. The molecule has 1 amide bonds. The quantitative estimate of drug-likeness (QED) is 0.775. The molecule has 1 aromatic rings. The fourth-order valence-corrected chi connectivity index (χ4v) is 2.26. The maximum absolute atomic E-state index is 12.0. The second kappa shape index (κ2) is 8.77. The molecule has 3 N–H and O–H groups in total. The molecule has 22 heavy (non-hydrogen) atoms. The van der Waals surface area contributed by atoms with E-state index in [1.807, 2.05) is 0 Å². The van der Waals surface area contributed by atoms with E-state index in [4.69, 9.17) is 14.9 Å². The van der Waals surface area contributed by atoms with Crippen LogP contribution < -0.4 is 11.1 Å². The standard InChI is InChI=1S/C14H20N2O5.ClH/c1-19-14(18)11-3-2-10(21-11)8-16-13(17)12(15)9-4-6-20-7-5-9;/h2-3,9,12H,4-8,15H2,1H3,(H,16,17);1H. The van der Waals surface area contributed by atoms with Crippen LogP contribution in [0.2, 0.25) is 0 Å². The average molecular weight is 333 g/mol. The molecule has 0 saturated carbocycles. The molecule has 0 spiro atoms. The van der Waals surface area contributed by atoms with E-state index in [0.29, 0.717) is 19.0 Å². The molecule has 8 heteroatoms. The van der Waals surface area contributed by atoms with E-state index in [9.17, 15) is 9.59 Å². The molecule has 2 heterocycles. The molecule has 0 bridgehead atoms. The van der Waals surface area contributed by atoms with Gasteiger partial charge in [-0.3, -0.25) is 4.79 Å². The second-order valence-corrected chi connectivity index (χ2v) is 4.95. The molecule has 0 radical (unpaired) electrons. The number of halogens is 1. The minimum absolute atomic E-state index is 0. The topological polar surface area (TPSA) is 104 Å². The molecule has 1 saturated heterocycles. The van der Waals surface area contributed by atoms with Gasteiger partial charge in [0.1, 0.15) is 5.76 Å². The number of hydrogen-bond donors (Lipinski definition) is 2. The van der Waals surface area contributed by atoms with Crippen LogP contribution in [0.4, 0.5) is 0 Å². The molecule has 1 atom stereocenters. The molecule has 2 rings (SSSR count). The maximum atomic E-state index is 12.0. The number of esters is 1. The van der Waals surface area contributed by atoms with Crippen LogP contribution >= 0.6 is 12.4 Å². The lowest BCUT2D eigenvalue weighted by molar-refractivity contribution is -0.124. The molecule has 0 aromatic carbocycles. The van der Waals surface area contributed by atoms with Crippen molar-refractivity contribution >= 4 is 24.3 Å². The average Bonchev–Trinajstić information content (AvgIpc) is 3.01. The van der Waals surface area contributed by atoms with Gasteiger partial charge in [-0.25, -0.2) is 4.79 Å². The van der Waals surface area contributed by atoms with Crippen LogP contribution in [0, 0.1) is 5.92 Å². The van der Waals surface area contributed by atoms with Crippen LogP contribution in [-0.4, -0.2) is 38.2 Å². The lowest BCUT2D eigenvalue weighted by atomic mass is 9.92. The monoisotopic (exact) mass is 332 g/mol. The molecule has 1 aromatic heterocycles. The number of methoxy groups -OCH3 is 1. The van der Waals surface area contributed by atoms with Crippen LogP contribution in [0.25, 0.3) is 0 Å². The van der Waals surface area contributed by atoms with Crippen molar-refractivity contribution in [2.45, 2.75) is 25.4 Å². The first-order valence-corrected chi connectivity index (χ1v) is 6.90. The van der Waals surface area contributed by atoms with Gasteiger partial charge in [-0.05, 0) is 30.9 Å². The minimum Gasteiger partial charge on any atom is -0.463 e. The number of carbonyl (C=O) groups excluding carboxylic acids is 2. The number of ether oxygens (including phenoxy) is 2. The SMILES string of the molecule is COC(=O)c1ccc(CNC(=O)C(N)C2CCOCC2)o1.Cl. The molecule has 1 aliphatic heterocycles. The van der Waals surface area contributed by atoms with E-state index >= 15 is 0 Å². The van der Waals surface area contributed by atoms with Crippen molar-refractivity contribution in [1.82, 2.24) is 5.32 Å². The third-order valence-electron chi connectivity index (χ3n) is 3.56. The Bertz CT molecular complexity index is 499. The van der Waals surface area contributed by atoms with Crippen molar-refractivity contribution in [3.63, 3.8) is 0 Å². The van der Waals surface area contributed by atoms with Gasteiger partial charge in [-0.1, -0.05) is 0 Å². The number of amides is 1. The summed E-state index contributed by atoms with van der Waals surface area (Å²) < 4.78 is 15.1. The summed E-state index contributed by atoms with van der Waals surface area (Å²) >= 11 is 0. The first kappa shape index (κ1) is 18.5. The van der Waals surface area contributed by atoms with Gasteiger partial charge >= 0.3 is 5.97 Å². The predicted octanol–water partition coefficient (Wildman–Crippen LogP) is 0.858. The highest BCUT2D eigenvalue weighted by atomic mass is 35.5. The fourth-order valence-electron chi connectivity index (χ4n) is 2.26. The molecule has 0 aliphatic carbocycles. The van der Waals surface area contributed by atoms with Crippen LogP contribution in [0.15, 0.2) is 16.5 Å². The van der Waals surface area contributed by atoms with E-state index in [-0.39, 0.29) is 36.5 Å². The van der Waals surface area contributed by atoms with Crippen LogP contribution in [0.3, 0.4) is 0 Å². The largest absolute Gasteiger partial charge is 0.463 e. The van der Waals surface area contributed by atoms with Crippen LogP contribution in [0.1, 0.15) is 29.2 Å². The molecule has 1 aliphatic rings. The molecular formula is C14H21ClN2O5. The molecular weight excluding hydrogens is 312 g/mol. The first-order chi connectivity index (χ1) is 10.1. The van der Waals surface area contributed by atoms with Crippen LogP contribution in [0.5, 0.6) is 0 Å². The molecule has 124 valence electrons. The van der Waals surface area contributed by atoms with Crippen molar-refractivity contribution in [1.29, 1.82) is 0 Å². The number of furan rings is 1. The van der Waals surface area contributed by atoms with Crippen molar-refractivity contribution in [3.8, 4) is 0 Å². The zero-order valence-corrected chi connectivity index (χ0v) is 13.2. The van der Waals surface area contributed by atoms with E-state index in [1.165, 1.54) is 13.2 Å². The van der Waals surface area contributed by atoms with Crippen molar-refractivity contribution < 1.29 is 23.5 Å². The third kappa shape index (κ3) is 4.72. The Morgan fingerprint density at radius 2 is 2.09 bits per heavy atom. The number of nitrogens with two attached hydrogens (primary N) is 1.